The van der Waals surface area contributed by atoms with Gasteiger partial charge in [0.1, 0.15) is 5.82 Å². The van der Waals surface area contributed by atoms with Crippen molar-refractivity contribution in [1.82, 2.24) is 34.5 Å². The zero-order chi connectivity index (χ0) is 31.6. The van der Waals surface area contributed by atoms with Crippen molar-refractivity contribution in [3.63, 3.8) is 0 Å². The first-order valence-electron chi connectivity index (χ1n) is 15.3. The molecule has 0 saturated heterocycles. The average Bonchev–Trinajstić information content (AvgIpc) is 3.70. The highest BCUT2D eigenvalue weighted by Gasteiger charge is 2.19. The molecule has 4 aromatic rings. The van der Waals surface area contributed by atoms with E-state index in [-0.39, 0.29) is 30.8 Å². The maximum Gasteiger partial charge on any atom is 0.245 e. The highest BCUT2D eigenvalue weighted by Crippen LogP contribution is 2.31. The number of hydrogen-bond donors (Lipinski definition) is 3. The third kappa shape index (κ3) is 8.76. The molecule has 0 radical (unpaired) electrons. The molecule has 0 saturated carbocycles. The van der Waals surface area contributed by atoms with E-state index < -0.39 is 0 Å². The number of aromatic amines is 1. The van der Waals surface area contributed by atoms with Gasteiger partial charge in [-0.25, -0.2) is 9.97 Å². The van der Waals surface area contributed by atoms with E-state index in [0.29, 0.717) is 37.8 Å². The number of aromatic nitrogens is 4. The highest BCUT2D eigenvalue weighted by molar-refractivity contribution is 7.20. The number of carbonyl (C=O) groups is 3. The predicted octanol–water partition coefficient (Wildman–Crippen LogP) is 5.02. The first-order chi connectivity index (χ1) is 21.2. The smallest absolute Gasteiger partial charge is 0.245 e. The SMILES string of the molecule is CCCCN(CC(=O)Nc1cn2cc(-c3ccc(-c4cnc(CN(CCC)C(=O)CC(C)C)[nH]4)cc3)sc2n1)C(=O)CNC. The van der Waals surface area contributed by atoms with Crippen molar-refractivity contribution < 1.29 is 14.4 Å². The Hall–Kier alpha value is -4.03. The maximum absolute atomic E-state index is 12.7. The molecule has 0 atom stereocenters. The largest absolute Gasteiger partial charge is 0.341 e. The second-order valence-electron chi connectivity index (χ2n) is 11.4. The van der Waals surface area contributed by atoms with Crippen molar-refractivity contribution in [2.24, 2.45) is 5.92 Å². The van der Waals surface area contributed by atoms with Crippen LogP contribution in [0.5, 0.6) is 0 Å². The molecule has 11 nitrogen and oxygen atoms in total. The fraction of sp³-hybridized carbons (Fsp3) is 0.469. The van der Waals surface area contributed by atoms with Crippen molar-refractivity contribution in [3.05, 3.63) is 48.7 Å². The van der Waals surface area contributed by atoms with Gasteiger partial charge in [-0.3, -0.25) is 18.8 Å². The number of rotatable bonds is 16. The molecule has 0 aliphatic carbocycles. The summed E-state index contributed by atoms with van der Waals surface area (Å²) in [6.07, 6.45) is 8.82. The number of benzene rings is 1. The number of hydrogen-bond acceptors (Lipinski definition) is 7. The molecule has 1 aromatic carbocycles. The van der Waals surface area contributed by atoms with Gasteiger partial charge in [0.2, 0.25) is 17.7 Å². The molecule has 12 heteroatoms. The van der Waals surface area contributed by atoms with Gasteiger partial charge in [-0.15, -0.1) is 0 Å². The van der Waals surface area contributed by atoms with E-state index in [4.69, 9.17) is 0 Å². The normalized spacial score (nSPS) is 11.3. The zero-order valence-electron chi connectivity index (χ0n) is 26.4. The summed E-state index contributed by atoms with van der Waals surface area (Å²) in [7, 11) is 1.72. The molecule has 4 rings (SSSR count). The van der Waals surface area contributed by atoms with Crippen LogP contribution in [-0.4, -0.2) is 80.1 Å². The van der Waals surface area contributed by atoms with Crippen LogP contribution in [0.1, 0.15) is 59.2 Å². The number of likely N-dealkylation sites (N-methyl/N-ethyl adjacent to an activating group) is 1. The molecule has 3 amide bonds. The number of unbranched alkanes of at least 4 members (excludes halogenated alkanes) is 1. The lowest BCUT2D eigenvalue weighted by atomic mass is 10.1. The Labute approximate surface area is 263 Å². The van der Waals surface area contributed by atoms with Crippen molar-refractivity contribution in [1.29, 1.82) is 0 Å². The number of imidazole rings is 2. The van der Waals surface area contributed by atoms with Gasteiger partial charge in [-0.1, -0.05) is 69.7 Å². The molecule has 3 N–H and O–H groups in total. The molecular formula is C32H44N8O3S. The van der Waals surface area contributed by atoms with Crippen LogP contribution in [0.2, 0.25) is 0 Å². The number of nitrogens with one attached hydrogen (secondary N) is 3. The summed E-state index contributed by atoms with van der Waals surface area (Å²) in [6, 6.07) is 8.22. The third-order valence-electron chi connectivity index (χ3n) is 7.10. The molecule has 0 spiro atoms. The van der Waals surface area contributed by atoms with Gasteiger partial charge < -0.3 is 25.4 Å². The zero-order valence-corrected chi connectivity index (χ0v) is 27.2. The number of H-pyrrole nitrogens is 1. The number of amides is 3. The molecule has 0 fully saturated rings. The lowest BCUT2D eigenvalue weighted by Gasteiger charge is -2.22. The third-order valence-corrected chi connectivity index (χ3v) is 8.14. The van der Waals surface area contributed by atoms with Crippen molar-refractivity contribution >= 4 is 39.8 Å². The Morgan fingerprint density at radius 2 is 1.75 bits per heavy atom. The van der Waals surface area contributed by atoms with Crippen LogP contribution >= 0.6 is 11.3 Å². The molecule has 3 aromatic heterocycles. The standard InChI is InChI=1S/C32H44N8O3S/c1-6-8-14-39(31(43)17-33-5)21-29(41)36-28-20-40-18-26(44-32(40)37-28)24-11-9-23(10-12-24)25-16-34-27(35-25)19-38(13-7-2)30(42)15-22(3)4/h9-12,16,18,20,22,33H,6-8,13-15,17,19,21H2,1-5H3,(H,34,35)(H,36,41). The fourth-order valence-corrected chi connectivity index (χ4v) is 5.85. The van der Waals surface area contributed by atoms with Gasteiger partial charge in [0, 0.05) is 25.7 Å². The summed E-state index contributed by atoms with van der Waals surface area (Å²) in [4.78, 5) is 55.5. The van der Waals surface area contributed by atoms with E-state index in [0.717, 1.165) is 51.7 Å². The van der Waals surface area contributed by atoms with E-state index in [1.54, 1.807) is 18.1 Å². The first kappa shape index (κ1) is 32.9. The topological polar surface area (TPSA) is 128 Å². The van der Waals surface area contributed by atoms with Gasteiger partial charge >= 0.3 is 0 Å². The second kappa shape index (κ2) is 15.6. The first-order valence-corrected chi connectivity index (χ1v) is 16.2. The highest BCUT2D eigenvalue weighted by atomic mass is 32.1. The van der Waals surface area contributed by atoms with Crippen molar-refractivity contribution in [2.75, 3.05) is 38.5 Å². The predicted molar refractivity (Wildman–Crippen MR) is 175 cm³/mol. The van der Waals surface area contributed by atoms with Crippen molar-refractivity contribution in [2.45, 2.75) is 59.9 Å². The van der Waals surface area contributed by atoms with Crippen LogP contribution in [-0.2, 0) is 20.9 Å². The van der Waals surface area contributed by atoms with Gasteiger partial charge in [0.05, 0.1) is 42.6 Å². The van der Waals surface area contributed by atoms with Crippen LogP contribution in [0.3, 0.4) is 0 Å². The number of carbonyl (C=O) groups excluding carboxylic acids is 3. The number of anilines is 1. The van der Waals surface area contributed by atoms with E-state index in [2.05, 4.69) is 65.4 Å². The molecule has 0 unspecified atom stereocenters. The lowest BCUT2D eigenvalue weighted by Crippen LogP contribution is -2.42. The Bertz CT molecular complexity index is 1510. The van der Waals surface area contributed by atoms with E-state index in [1.807, 2.05) is 33.8 Å². The summed E-state index contributed by atoms with van der Waals surface area (Å²) >= 11 is 1.53. The molecule has 44 heavy (non-hydrogen) atoms. The minimum Gasteiger partial charge on any atom is -0.341 e. The Kier molecular flexibility index (Phi) is 11.7. The Balaban J connectivity index is 1.38. The molecule has 3 heterocycles. The second-order valence-corrected chi connectivity index (χ2v) is 12.4. The van der Waals surface area contributed by atoms with Gasteiger partial charge in [0.15, 0.2) is 10.8 Å². The van der Waals surface area contributed by atoms with Crippen LogP contribution in [0, 0.1) is 5.92 Å². The lowest BCUT2D eigenvalue weighted by molar-refractivity contribution is -0.134. The minimum absolute atomic E-state index is 0.00559. The molecule has 0 bridgehead atoms. The Morgan fingerprint density at radius 1 is 1.00 bits per heavy atom. The average molecular weight is 621 g/mol. The van der Waals surface area contributed by atoms with E-state index in [9.17, 15) is 14.4 Å². The monoisotopic (exact) mass is 620 g/mol. The maximum atomic E-state index is 12.7. The molecule has 236 valence electrons. The molecule has 0 aliphatic heterocycles. The summed E-state index contributed by atoms with van der Waals surface area (Å²) in [5.74, 6) is 1.34. The fourth-order valence-electron chi connectivity index (χ4n) is 4.87. The van der Waals surface area contributed by atoms with Crippen LogP contribution < -0.4 is 10.6 Å². The van der Waals surface area contributed by atoms with Crippen molar-refractivity contribution in [3.8, 4) is 21.7 Å². The van der Waals surface area contributed by atoms with Crippen LogP contribution in [0.4, 0.5) is 5.82 Å². The van der Waals surface area contributed by atoms with Crippen LogP contribution in [0.15, 0.2) is 42.9 Å². The van der Waals surface area contributed by atoms with Gasteiger partial charge in [0.25, 0.3) is 0 Å². The van der Waals surface area contributed by atoms with E-state index >= 15 is 0 Å². The number of fused-ring (bicyclic) bond motifs is 1. The Morgan fingerprint density at radius 3 is 2.41 bits per heavy atom. The van der Waals surface area contributed by atoms with Gasteiger partial charge in [-0.05, 0) is 36.9 Å². The summed E-state index contributed by atoms with van der Waals surface area (Å²) in [6.45, 7) is 10.2. The summed E-state index contributed by atoms with van der Waals surface area (Å²) in [5.41, 5.74) is 2.97. The van der Waals surface area contributed by atoms with E-state index in [1.165, 1.54) is 11.3 Å². The molecule has 0 aliphatic rings. The van der Waals surface area contributed by atoms with Gasteiger partial charge in [-0.2, -0.15) is 0 Å². The minimum atomic E-state index is -0.269. The molecular weight excluding hydrogens is 576 g/mol. The number of thiazole rings is 1. The quantitative estimate of drug-likeness (QED) is 0.161. The summed E-state index contributed by atoms with van der Waals surface area (Å²) in [5, 5.41) is 5.69. The number of nitrogens with zero attached hydrogens (tertiary/aromatic N) is 5. The van der Waals surface area contributed by atoms with Crippen LogP contribution in [0.25, 0.3) is 26.7 Å². The summed E-state index contributed by atoms with van der Waals surface area (Å²) < 4.78 is 1.90.